The molecule has 2 N–H and O–H groups in total. The predicted molar refractivity (Wildman–Crippen MR) is 46.8 cm³/mol. The lowest BCUT2D eigenvalue weighted by Crippen LogP contribution is -2.10. The summed E-state index contributed by atoms with van der Waals surface area (Å²) in [5, 5.41) is 0. The molecule has 0 radical (unpaired) electrons. The fraction of sp³-hybridized carbons (Fsp3) is 0. The van der Waals surface area contributed by atoms with Crippen LogP contribution in [0.3, 0.4) is 0 Å². The standard InChI is InChI=1S/C8H6ClNO3/c9-8(12)13-6-3-1-2-5(4-6)7(10)11/h1-4H,(H2,10,11). The summed E-state index contributed by atoms with van der Waals surface area (Å²) in [5.74, 6) is -0.399. The SMILES string of the molecule is NC(=O)c1cccc(OC(=O)Cl)c1. The molecule has 1 aromatic rings. The molecule has 0 spiro atoms. The summed E-state index contributed by atoms with van der Waals surface area (Å²) in [6.07, 6.45) is 0. The lowest BCUT2D eigenvalue weighted by Gasteiger charge is -2.00. The van der Waals surface area contributed by atoms with E-state index < -0.39 is 11.3 Å². The zero-order valence-electron chi connectivity index (χ0n) is 6.49. The second-order valence-corrected chi connectivity index (χ2v) is 2.54. The maximum absolute atomic E-state index is 10.7. The molecule has 0 aliphatic rings. The Labute approximate surface area is 79.2 Å². The number of hydrogen-bond acceptors (Lipinski definition) is 3. The smallest absolute Gasteiger partial charge is 0.409 e. The maximum Gasteiger partial charge on any atom is 0.409 e. The molecular weight excluding hydrogens is 194 g/mol. The first-order chi connectivity index (χ1) is 6.09. The van der Waals surface area contributed by atoms with Gasteiger partial charge >= 0.3 is 5.43 Å². The van der Waals surface area contributed by atoms with E-state index in [1.807, 2.05) is 0 Å². The monoisotopic (exact) mass is 199 g/mol. The van der Waals surface area contributed by atoms with Crippen LogP contribution in [0, 0.1) is 0 Å². The van der Waals surface area contributed by atoms with Crippen molar-refractivity contribution in [3.05, 3.63) is 29.8 Å². The van der Waals surface area contributed by atoms with Gasteiger partial charge in [0.1, 0.15) is 5.75 Å². The van der Waals surface area contributed by atoms with Gasteiger partial charge in [0.05, 0.1) is 0 Å². The highest BCUT2D eigenvalue weighted by Gasteiger charge is 2.03. The zero-order valence-corrected chi connectivity index (χ0v) is 7.25. The van der Waals surface area contributed by atoms with Gasteiger partial charge < -0.3 is 10.5 Å². The van der Waals surface area contributed by atoms with Gasteiger partial charge in [0.25, 0.3) is 0 Å². The van der Waals surface area contributed by atoms with E-state index in [4.69, 9.17) is 17.3 Å². The summed E-state index contributed by atoms with van der Waals surface area (Å²) < 4.78 is 4.52. The van der Waals surface area contributed by atoms with E-state index in [0.29, 0.717) is 0 Å². The van der Waals surface area contributed by atoms with Crippen molar-refractivity contribution in [2.24, 2.45) is 5.73 Å². The molecule has 1 amide bonds. The molecule has 0 saturated carbocycles. The minimum Gasteiger partial charge on any atom is -0.414 e. The average Bonchev–Trinajstić information content (AvgIpc) is 2.03. The van der Waals surface area contributed by atoms with Crippen LogP contribution >= 0.6 is 11.6 Å². The lowest BCUT2D eigenvalue weighted by atomic mass is 10.2. The third-order valence-corrected chi connectivity index (χ3v) is 1.39. The molecule has 0 atom stereocenters. The summed E-state index contributed by atoms with van der Waals surface area (Å²) in [5.41, 5.74) is 4.30. The van der Waals surface area contributed by atoms with Crippen molar-refractivity contribution in [2.75, 3.05) is 0 Å². The van der Waals surface area contributed by atoms with Gasteiger partial charge in [-0.2, -0.15) is 0 Å². The first-order valence-corrected chi connectivity index (χ1v) is 3.74. The van der Waals surface area contributed by atoms with E-state index in [9.17, 15) is 9.59 Å². The van der Waals surface area contributed by atoms with Crippen LogP contribution in [0.15, 0.2) is 24.3 Å². The number of ether oxygens (including phenoxy) is 1. The highest BCUT2D eigenvalue weighted by atomic mass is 35.5. The molecule has 0 unspecified atom stereocenters. The molecule has 1 aromatic carbocycles. The van der Waals surface area contributed by atoms with Crippen molar-refractivity contribution >= 4 is 22.9 Å². The van der Waals surface area contributed by atoms with Crippen LogP contribution in [0.2, 0.25) is 0 Å². The number of hydrogen-bond donors (Lipinski definition) is 1. The molecule has 4 nitrogen and oxygen atoms in total. The Morgan fingerprint density at radius 1 is 1.38 bits per heavy atom. The Morgan fingerprint density at radius 3 is 2.62 bits per heavy atom. The number of amides is 1. The Kier molecular flexibility index (Phi) is 2.87. The summed E-state index contributed by atoms with van der Waals surface area (Å²) in [7, 11) is 0. The number of rotatable bonds is 2. The van der Waals surface area contributed by atoms with Crippen molar-refractivity contribution < 1.29 is 14.3 Å². The molecule has 1 rings (SSSR count). The third kappa shape index (κ3) is 2.76. The molecule has 0 aromatic heterocycles. The van der Waals surface area contributed by atoms with Crippen LogP contribution < -0.4 is 10.5 Å². The van der Waals surface area contributed by atoms with Gasteiger partial charge in [-0.1, -0.05) is 6.07 Å². The van der Waals surface area contributed by atoms with Gasteiger partial charge in [0, 0.05) is 17.2 Å². The maximum atomic E-state index is 10.7. The predicted octanol–water partition coefficient (Wildman–Crippen LogP) is 1.52. The minimum absolute atomic E-state index is 0.191. The summed E-state index contributed by atoms with van der Waals surface area (Å²) in [6.45, 7) is 0. The van der Waals surface area contributed by atoms with Gasteiger partial charge in [-0.15, -0.1) is 0 Å². The van der Waals surface area contributed by atoms with Gasteiger partial charge in [-0.05, 0) is 18.2 Å². The van der Waals surface area contributed by atoms with Crippen molar-refractivity contribution in [2.45, 2.75) is 0 Å². The molecule has 0 aliphatic heterocycles. The highest BCUT2D eigenvalue weighted by molar-refractivity contribution is 6.61. The molecule has 68 valence electrons. The number of carbonyl (C=O) groups is 2. The van der Waals surface area contributed by atoms with Crippen molar-refractivity contribution in [3.63, 3.8) is 0 Å². The van der Waals surface area contributed by atoms with E-state index in [0.717, 1.165) is 0 Å². The van der Waals surface area contributed by atoms with E-state index in [1.165, 1.54) is 24.3 Å². The molecule has 0 fully saturated rings. The molecule has 0 bridgehead atoms. The molecule has 0 aliphatic carbocycles. The fourth-order valence-electron chi connectivity index (χ4n) is 0.806. The Morgan fingerprint density at radius 2 is 2.08 bits per heavy atom. The lowest BCUT2D eigenvalue weighted by molar-refractivity contribution is 0.1000. The van der Waals surface area contributed by atoms with E-state index >= 15 is 0 Å². The van der Waals surface area contributed by atoms with E-state index in [-0.39, 0.29) is 11.3 Å². The van der Waals surface area contributed by atoms with Crippen LogP contribution in [0.25, 0.3) is 0 Å². The first kappa shape index (κ1) is 9.54. The number of primary amides is 1. The Balaban J connectivity index is 2.91. The largest absolute Gasteiger partial charge is 0.414 e. The van der Waals surface area contributed by atoms with Gasteiger partial charge in [-0.3, -0.25) is 4.79 Å². The topological polar surface area (TPSA) is 69.4 Å². The van der Waals surface area contributed by atoms with Crippen LogP contribution in [-0.4, -0.2) is 11.3 Å². The van der Waals surface area contributed by atoms with Gasteiger partial charge in [0.2, 0.25) is 5.91 Å². The second-order valence-electron chi connectivity index (χ2n) is 2.23. The first-order valence-electron chi connectivity index (χ1n) is 3.37. The zero-order chi connectivity index (χ0) is 9.84. The normalized spacial score (nSPS) is 9.31. The van der Waals surface area contributed by atoms with Crippen LogP contribution in [-0.2, 0) is 0 Å². The average molecular weight is 200 g/mol. The summed E-state index contributed by atoms with van der Waals surface area (Å²) in [6, 6.07) is 5.87. The molecule has 0 heterocycles. The molecular formula is C8H6ClNO3. The van der Waals surface area contributed by atoms with Crippen molar-refractivity contribution in [3.8, 4) is 5.75 Å². The van der Waals surface area contributed by atoms with Crippen LogP contribution in [0.1, 0.15) is 10.4 Å². The summed E-state index contributed by atoms with van der Waals surface area (Å²) >= 11 is 4.97. The van der Waals surface area contributed by atoms with E-state index in [2.05, 4.69) is 4.74 Å². The van der Waals surface area contributed by atoms with Gasteiger partial charge in [-0.25, -0.2) is 4.79 Å². The van der Waals surface area contributed by atoms with Gasteiger partial charge in [0.15, 0.2) is 0 Å². The summed E-state index contributed by atoms with van der Waals surface area (Å²) in [4.78, 5) is 21.0. The number of benzene rings is 1. The van der Waals surface area contributed by atoms with Crippen molar-refractivity contribution in [1.29, 1.82) is 0 Å². The number of carbonyl (C=O) groups excluding carboxylic acids is 2. The van der Waals surface area contributed by atoms with Crippen LogP contribution in [0.4, 0.5) is 4.79 Å². The molecule has 13 heavy (non-hydrogen) atoms. The van der Waals surface area contributed by atoms with Crippen LogP contribution in [0.5, 0.6) is 5.75 Å². The fourth-order valence-corrected chi connectivity index (χ4v) is 0.895. The second kappa shape index (κ2) is 3.91. The molecule has 0 saturated heterocycles. The third-order valence-electron chi connectivity index (χ3n) is 1.32. The van der Waals surface area contributed by atoms with E-state index in [1.54, 1.807) is 0 Å². The number of nitrogens with two attached hydrogens (primary N) is 1. The highest BCUT2D eigenvalue weighted by Crippen LogP contribution is 2.13. The Hall–Kier alpha value is -1.55. The number of halogens is 1. The van der Waals surface area contributed by atoms with Crippen molar-refractivity contribution in [1.82, 2.24) is 0 Å². The molecule has 5 heteroatoms. The Bertz CT molecular complexity index is 351. The quantitative estimate of drug-likeness (QED) is 0.735. The minimum atomic E-state index is -0.957.